The van der Waals surface area contributed by atoms with Crippen LogP contribution >= 0.6 is 0 Å². The van der Waals surface area contributed by atoms with Gasteiger partial charge in [0.2, 0.25) is 12.2 Å². The maximum absolute atomic E-state index is 13.8. The number of anilines is 1. The molecule has 3 aliphatic carbocycles. The van der Waals surface area contributed by atoms with Crippen LogP contribution in [0.25, 0.3) is 5.76 Å². The number of likely N-dealkylation sites (N-methyl/N-ethyl adjacent to an activating group) is 1. The molecule has 1 fully saturated rings. The molecule has 6 atom stereocenters. The number of rotatable bonds is 4. The van der Waals surface area contributed by atoms with Gasteiger partial charge in [0.25, 0.3) is 5.91 Å². The topological polar surface area (TPSA) is 211 Å². The van der Waals surface area contributed by atoms with E-state index in [0.29, 0.717) is 12.0 Å². The lowest BCUT2D eigenvalue weighted by molar-refractivity contribution is -0.169. The molecule has 35 heavy (non-hydrogen) atoms. The van der Waals surface area contributed by atoms with Crippen molar-refractivity contribution < 1.29 is 44.7 Å². The van der Waals surface area contributed by atoms with Crippen molar-refractivity contribution in [2.45, 2.75) is 30.6 Å². The second-order valence-electron chi connectivity index (χ2n) is 9.24. The Kier molecular flexibility index (Phi) is 5.51. The fraction of sp³-hybridized carbons (Fsp3) is 0.391. The lowest BCUT2D eigenvalue weighted by Gasteiger charge is -2.53. The summed E-state index contributed by atoms with van der Waals surface area (Å²) in [6.07, 6.45) is -1.36. The first-order valence-corrected chi connectivity index (χ1v) is 10.7. The Hall–Kier alpha value is -3.74. The van der Waals surface area contributed by atoms with Crippen LogP contribution in [0.15, 0.2) is 29.0 Å². The van der Waals surface area contributed by atoms with E-state index >= 15 is 0 Å². The summed E-state index contributed by atoms with van der Waals surface area (Å²) in [5.41, 5.74) is 0.884. The predicted octanol–water partition coefficient (Wildman–Crippen LogP) is -0.936. The van der Waals surface area contributed by atoms with E-state index in [9.17, 15) is 44.7 Å². The second kappa shape index (κ2) is 7.90. The minimum Gasteiger partial charge on any atom is -0.508 e. The summed E-state index contributed by atoms with van der Waals surface area (Å²) in [6, 6.07) is 1.46. The number of nitrogens with one attached hydrogen (secondary N) is 1. The van der Waals surface area contributed by atoms with Gasteiger partial charge in [-0.1, -0.05) is 13.0 Å². The average molecular weight is 487 g/mol. The van der Waals surface area contributed by atoms with Crippen molar-refractivity contribution in [3.63, 3.8) is 0 Å². The molecule has 0 heterocycles. The number of benzene rings is 1. The van der Waals surface area contributed by atoms with Gasteiger partial charge in [-0.3, -0.25) is 24.1 Å². The number of amides is 2. The number of fused-ring (bicyclic) bond motifs is 3. The number of carbonyl (C=O) groups is 4. The number of aromatic hydroxyl groups is 1. The summed E-state index contributed by atoms with van der Waals surface area (Å²) >= 11 is 0. The van der Waals surface area contributed by atoms with Crippen molar-refractivity contribution in [3.8, 4) is 5.75 Å². The Balaban J connectivity index is 2.05. The van der Waals surface area contributed by atoms with Crippen LogP contribution in [0, 0.1) is 11.8 Å². The molecule has 1 aromatic carbocycles. The molecule has 186 valence electrons. The van der Waals surface area contributed by atoms with Gasteiger partial charge < -0.3 is 36.6 Å². The average Bonchev–Trinajstić information content (AvgIpc) is 2.77. The summed E-state index contributed by atoms with van der Waals surface area (Å²) < 4.78 is 0. The first kappa shape index (κ1) is 24.4. The third kappa shape index (κ3) is 2.97. The van der Waals surface area contributed by atoms with Crippen molar-refractivity contribution in [3.05, 3.63) is 40.2 Å². The molecule has 2 amide bonds. The van der Waals surface area contributed by atoms with Crippen LogP contribution in [-0.2, 0) is 19.2 Å². The molecule has 12 nitrogen and oxygen atoms in total. The highest BCUT2D eigenvalue weighted by molar-refractivity contribution is 6.24. The second-order valence-corrected chi connectivity index (χ2v) is 9.24. The van der Waals surface area contributed by atoms with Crippen LogP contribution in [0.3, 0.4) is 0 Å². The smallest absolute Gasteiger partial charge is 0.255 e. The molecule has 4 rings (SSSR count). The fourth-order valence-corrected chi connectivity index (χ4v) is 5.80. The minimum atomic E-state index is -2.97. The van der Waals surface area contributed by atoms with E-state index in [0.717, 1.165) is 0 Å². The van der Waals surface area contributed by atoms with Gasteiger partial charge in [-0.2, -0.15) is 0 Å². The number of Topliss-reactive ketones (excluding diaryl/α,β-unsaturated/α-hetero) is 2. The molecule has 0 aromatic heterocycles. The van der Waals surface area contributed by atoms with E-state index in [2.05, 4.69) is 5.32 Å². The molecular formula is C23H25N3O9. The van der Waals surface area contributed by atoms with Crippen LogP contribution in [0.1, 0.15) is 24.0 Å². The van der Waals surface area contributed by atoms with E-state index in [1.54, 1.807) is 6.92 Å². The van der Waals surface area contributed by atoms with Gasteiger partial charge in [-0.15, -0.1) is 0 Å². The van der Waals surface area contributed by atoms with Gasteiger partial charge in [-0.25, -0.2) is 0 Å². The molecule has 0 spiro atoms. The van der Waals surface area contributed by atoms with E-state index in [1.165, 1.54) is 31.1 Å². The van der Waals surface area contributed by atoms with Crippen molar-refractivity contribution in [2.75, 3.05) is 19.4 Å². The van der Waals surface area contributed by atoms with Crippen molar-refractivity contribution in [1.29, 1.82) is 0 Å². The third-order valence-electron chi connectivity index (χ3n) is 7.34. The van der Waals surface area contributed by atoms with Crippen molar-refractivity contribution >= 4 is 35.3 Å². The molecule has 3 unspecified atom stereocenters. The zero-order valence-electron chi connectivity index (χ0n) is 19.0. The Morgan fingerprint density at radius 3 is 2.37 bits per heavy atom. The molecule has 12 heteroatoms. The Morgan fingerprint density at radius 1 is 1.20 bits per heavy atom. The monoisotopic (exact) mass is 487 g/mol. The summed E-state index contributed by atoms with van der Waals surface area (Å²) in [4.78, 5) is 51.1. The number of aliphatic hydroxyl groups excluding tert-OH is 3. The summed E-state index contributed by atoms with van der Waals surface area (Å²) in [5.74, 6) is -9.73. The van der Waals surface area contributed by atoms with Gasteiger partial charge in [0, 0.05) is 11.5 Å². The molecule has 1 aromatic rings. The minimum absolute atomic E-state index is 0.0633. The number of phenolic OH excluding ortho intramolecular Hbond substituents is 1. The van der Waals surface area contributed by atoms with Gasteiger partial charge >= 0.3 is 0 Å². The van der Waals surface area contributed by atoms with Crippen molar-refractivity contribution in [2.24, 2.45) is 17.6 Å². The number of primary amides is 1. The molecule has 3 aliphatic rings. The lowest BCUT2D eigenvalue weighted by Crippen LogP contribution is -2.70. The van der Waals surface area contributed by atoms with Crippen LogP contribution < -0.4 is 11.1 Å². The molecular weight excluding hydrogens is 462 g/mol. The van der Waals surface area contributed by atoms with E-state index in [4.69, 9.17) is 5.73 Å². The summed E-state index contributed by atoms with van der Waals surface area (Å²) in [5, 5.41) is 57.9. The number of hydrogen-bond acceptors (Lipinski definition) is 10. The van der Waals surface area contributed by atoms with E-state index < -0.39 is 81.4 Å². The molecule has 0 bridgehead atoms. The third-order valence-corrected chi connectivity index (χ3v) is 7.34. The quantitative estimate of drug-likeness (QED) is 0.157. The Morgan fingerprint density at radius 2 is 1.83 bits per heavy atom. The Labute approximate surface area is 199 Å². The number of hydrogen-bond donors (Lipinski definition) is 7. The number of nitrogens with two attached hydrogens (primary N) is 1. The molecule has 8 N–H and O–H groups in total. The normalized spacial score (nSPS) is 32.2. The highest BCUT2D eigenvalue weighted by Gasteiger charge is 2.68. The Bertz CT molecular complexity index is 1250. The molecule has 1 saturated carbocycles. The highest BCUT2D eigenvalue weighted by atomic mass is 16.4. The summed E-state index contributed by atoms with van der Waals surface area (Å²) in [6.45, 7) is 1.61. The number of nitrogens with zero attached hydrogens (tertiary/aromatic N) is 1. The van der Waals surface area contributed by atoms with Crippen LogP contribution in [0.2, 0.25) is 0 Å². The molecule has 0 saturated heterocycles. The maximum atomic E-state index is 13.8. The number of aliphatic hydroxyl groups is 4. The van der Waals surface area contributed by atoms with Crippen LogP contribution in [0.5, 0.6) is 5.75 Å². The maximum Gasteiger partial charge on any atom is 0.255 e. The zero-order valence-corrected chi connectivity index (χ0v) is 19.0. The van der Waals surface area contributed by atoms with Gasteiger partial charge in [0.15, 0.2) is 11.4 Å². The number of ketones is 2. The first-order valence-electron chi connectivity index (χ1n) is 10.7. The predicted molar refractivity (Wildman–Crippen MR) is 120 cm³/mol. The number of carbonyl (C=O) groups excluding carboxylic acids is 4. The van der Waals surface area contributed by atoms with E-state index in [1.807, 2.05) is 0 Å². The van der Waals surface area contributed by atoms with Crippen LogP contribution in [0.4, 0.5) is 5.69 Å². The SMILES string of the molecule is C[C@H]1c2ccc(NC=O)c(O)c2C(O)=C2C(=O)[C@]3(O)C(O)=C(C(N)=O)C(=O)[C@@H](N(C)C)C3C(O)C21. The highest BCUT2D eigenvalue weighted by Crippen LogP contribution is 2.56. The van der Waals surface area contributed by atoms with Gasteiger partial charge in [-0.05, 0) is 31.6 Å². The largest absolute Gasteiger partial charge is 0.508 e. The van der Waals surface area contributed by atoms with Crippen LogP contribution in [-0.4, -0.2) is 86.2 Å². The van der Waals surface area contributed by atoms with Gasteiger partial charge in [0.05, 0.1) is 29.3 Å². The zero-order chi connectivity index (χ0) is 26.1. The first-order chi connectivity index (χ1) is 16.3. The lowest BCUT2D eigenvalue weighted by atomic mass is 9.54. The fourth-order valence-electron chi connectivity index (χ4n) is 5.80. The van der Waals surface area contributed by atoms with Crippen molar-refractivity contribution in [1.82, 2.24) is 4.90 Å². The standard InChI is InChI=1S/C23H25N3O9/c1-7-8-4-5-9(25-6-27)16(28)11(8)17(29)12-10(7)18(30)14-15(26(2)3)19(31)13(22(24)34)21(33)23(14,35)20(12)32/h4-7,10,14-15,18,28-30,33,35H,1-3H3,(H2,24,34)(H,25,27)/t7-,10?,14?,15-,18?,23-/m0/s1. The summed E-state index contributed by atoms with van der Waals surface area (Å²) in [7, 11) is 2.87. The molecule has 0 aliphatic heterocycles. The molecule has 0 radical (unpaired) electrons. The number of phenols is 1. The van der Waals surface area contributed by atoms with E-state index in [-0.39, 0.29) is 11.3 Å². The van der Waals surface area contributed by atoms with Gasteiger partial charge in [0.1, 0.15) is 22.8 Å².